The minimum absolute atomic E-state index is 0.321. The Balaban J connectivity index is 1.50. The predicted molar refractivity (Wildman–Crippen MR) is 97.8 cm³/mol. The van der Waals surface area contributed by atoms with E-state index in [1.807, 2.05) is 36.5 Å². The third-order valence-corrected chi connectivity index (χ3v) is 4.96. The summed E-state index contributed by atoms with van der Waals surface area (Å²) in [6.07, 6.45) is 6.55. The van der Waals surface area contributed by atoms with Gasteiger partial charge < -0.3 is 4.98 Å². The molecule has 6 nitrogen and oxygen atoms in total. The summed E-state index contributed by atoms with van der Waals surface area (Å²) in [4.78, 5) is 12.3. The summed E-state index contributed by atoms with van der Waals surface area (Å²) in [5.41, 5.74) is 4.79. The molecule has 1 aliphatic rings. The van der Waals surface area contributed by atoms with Gasteiger partial charge in [0.15, 0.2) is 11.3 Å². The minimum Gasteiger partial charge on any atom is -0.345 e. The lowest BCUT2D eigenvalue weighted by molar-refractivity contribution is 0.671. The minimum atomic E-state index is 0.321. The average molecular weight is 351 g/mol. The van der Waals surface area contributed by atoms with Gasteiger partial charge in [-0.3, -0.25) is 9.39 Å². The van der Waals surface area contributed by atoms with Crippen molar-refractivity contribution < 1.29 is 0 Å². The molecule has 1 atom stereocenters. The number of fused-ring (bicyclic) bond motifs is 3. The Bertz CT molecular complexity index is 1090. The van der Waals surface area contributed by atoms with E-state index in [1.54, 1.807) is 6.20 Å². The largest absolute Gasteiger partial charge is 0.345 e. The number of hydrogen-bond acceptors (Lipinski definition) is 4. The van der Waals surface area contributed by atoms with Crippen LogP contribution in [0.3, 0.4) is 0 Å². The highest BCUT2D eigenvalue weighted by atomic mass is 35.5. The number of benzene rings is 1. The van der Waals surface area contributed by atoms with Gasteiger partial charge in [0.2, 0.25) is 0 Å². The van der Waals surface area contributed by atoms with Crippen LogP contribution >= 0.6 is 11.6 Å². The van der Waals surface area contributed by atoms with E-state index in [0.29, 0.717) is 5.92 Å². The molecule has 5 rings (SSSR count). The van der Waals surface area contributed by atoms with Gasteiger partial charge in [-0.05, 0) is 49.6 Å². The number of aromatic nitrogens is 5. The van der Waals surface area contributed by atoms with Crippen LogP contribution in [0, 0.1) is 0 Å². The Kier molecular flexibility index (Phi) is 3.31. The number of nitrogens with zero attached hydrogens (tertiary/aromatic N) is 5. The molecule has 25 heavy (non-hydrogen) atoms. The molecule has 0 spiro atoms. The number of aromatic amines is 1. The summed E-state index contributed by atoms with van der Waals surface area (Å²) in [5.74, 6) is 1.31. The SMILES string of the molecule is Clc1ccc(N=C2CC[C@@H](c3nnc4cnc5[nH]ccc5n34)C2)cc1. The van der Waals surface area contributed by atoms with Crippen LogP contribution in [-0.2, 0) is 0 Å². The number of H-pyrrole nitrogens is 1. The molecule has 124 valence electrons. The molecule has 0 unspecified atom stereocenters. The topological polar surface area (TPSA) is 71.2 Å². The molecule has 7 heteroatoms. The lowest BCUT2D eigenvalue weighted by Gasteiger charge is -2.07. The van der Waals surface area contributed by atoms with Crippen molar-refractivity contribution >= 4 is 39.8 Å². The lowest BCUT2D eigenvalue weighted by Crippen LogP contribution is -2.02. The summed E-state index contributed by atoms with van der Waals surface area (Å²) in [7, 11) is 0. The van der Waals surface area contributed by atoms with Crippen molar-refractivity contribution in [1.29, 1.82) is 0 Å². The van der Waals surface area contributed by atoms with Gasteiger partial charge in [0.1, 0.15) is 5.82 Å². The first-order chi connectivity index (χ1) is 12.3. The Morgan fingerprint density at radius 1 is 1.16 bits per heavy atom. The maximum Gasteiger partial charge on any atom is 0.179 e. The van der Waals surface area contributed by atoms with Crippen LogP contribution < -0.4 is 0 Å². The van der Waals surface area contributed by atoms with Crippen LogP contribution in [0.4, 0.5) is 5.69 Å². The third-order valence-electron chi connectivity index (χ3n) is 4.71. The quantitative estimate of drug-likeness (QED) is 0.586. The molecule has 1 fully saturated rings. The normalized spacial score (nSPS) is 19.4. The number of rotatable bonds is 2. The Morgan fingerprint density at radius 3 is 2.92 bits per heavy atom. The predicted octanol–water partition coefficient (Wildman–Crippen LogP) is 4.30. The molecular formula is C18H15ClN6. The number of aliphatic imine (C=N–C) groups is 1. The highest BCUT2D eigenvalue weighted by molar-refractivity contribution is 6.30. The first-order valence-corrected chi connectivity index (χ1v) is 8.65. The molecule has 0 bridgehead atoms. The van der Waals surface area contributed by atoms with Gasteiger partial charge >= 0.3 is 0 Å². The maximum atomic E-state index is 5.94. The molecular weight excluding hydrogens is 336 g/mol. The smallest absolute Gasteiger partial charge is 0.179 e. The fraction of sp³-hybridized carbons (Fsp3) is 0.222. The molecule has 0 radical (unpaired) electrons. The summed E-state index contributed by atoms with van der Waals surface area (Å²) in [6, 6.07) is 9.65. The summed E-state index contributed by atoms with van der Waals surface area (Å²) in [6.45, 7) is 0. The van der Waals surface area contributed by atoms with Crippen molar-refractivity contribution in [2.75, 3.05) is 0 Å². The fourth-order valence-corrected chi connectivity index (χ4v) is 3.64. The van der Waals surface area contributed by atoms with E-state index in [2.05, 4.69) is 24.6 Å². The third kappa shape index (κ3) is 2.49. The molecule has 4 aromatic rings. The van der Waals surface area contributed by atoms with Crippen molar-refractivity contribution in [1.82, 2.24) is 24.6 Å². The molecule has 3 heterocycles. The number of hydrogen-bond donors (Lipinski definition) is 1. The van der Waals surface area contributed by atoms with Crippen LogP contribution in [0.1, 0.15) is 31.0 Å². The van der Waals surface area contributed by atoms with Crippen molar-refractivity contribution in [2.45, 2.75) is 25.2 Å². The molecule has 1 N–H and O–H groups in total. The van der Waals surface area contributed by atoms with E-state index in [0.717, 1.165) is 52.6 Å². The molecule has 3 aromatic heterocycles. The monoisotopic (exact) mass is 350 g/mol. The number of nitrogens with one attached hydrogen (secondary N) is 1. The van der Waals surface area contributed by atoms with Crippen molar-refractivity contribution in [3.63, 3.8) is 0 Å². The van der Waals surface area contributed by atoms with Crippen LogP contribution in [0.2, 0.25) is 5.02 Å². The molecule has 1 aromatic carbocycles. The van der Waals surface area contributed by atoms with Crippen LogP contribution in [0.15, 0.2) is 47.7 Å². The first kappa shape index (κ1) is 14.6. The van der Waals surface area contributed by atoms with Gasteiger partial charge in [-0.25, -0.2) is 4.98 Å². The maximum absolute atomic E-state index is 5.94. The summed E-state index contributed by atoms with van der Waals surface area (Å²) < 4.78 is 2.11. The van der Waals surface area contributed by atoms with E-state index in [-0.39, 0.29) is 0 Å². The second kappa shape index (κ2) is 5.67. The van der Waals surface area contributed by atoms with Gasteiger partial charge in [-0.15, -0.1) is 10.2 Å². The standard InChI is InChI=1S/C18H15ClN6/c19-12-2-5-13(6-3-12)22-14-4-1-11(9-14)18-24-23-16-10-21-17-15(25(16)18)7-8-20-17/h2-3,5-8,10-11,20H,1,4,9H2/t11-/m1/s1. The second-order valence-corrected chi connectivity index (χ2v) is 6.75. The van der Waals surface area contributed by atoms with Crippen LogP contribution in [-0.4, -0.2) is 30.3 Å². The van der Waals surface area contributed by atoms with E-state index < -0.39 is 0 Å². The van der Waals surface area contributed by atoms with E-state index in [9.17, 15) is 0 Å². The van der Waals surface area contributed by atoms with Gasteiger partial charge in [-0.2, -0.15) is 0 Å². The Labute approximate surface area is 148 Å². The molecule has 1 aliphatic carbocycles. The van der Waals surface area contributed by atoms with Crippen molar-refractivity contribution in [3.05, 3.63) is 53.6 Å². The summed E-state index contributed by atoms with van der Waals surface area (Å²) in [5, 5.41) is 9.47. The Morgan fingerprint density at radius 2 is 2.04 bits per heavy atom. The van der Waals surface area contributed by atoms with Crippen LogP contribution in [0.5, 0.6) is 0 Å². The summed E-state index contributed by atoms with van der Waals surface area (Å²) >= 11 is 5.94. The first-order valence-electron chi connectivity index (χ1n) is 8.27. The molecule has 0 saturated heterocycles. The molecule has 0 aliphatic heterocycles. The zero-order valence-corrected chi connectivity index (χ0v) is 14.1. The van der Waals surface area contributed by atoms with Gasteiger partial charge in [0.05, 0.1) is 17.4 Å². The van der Waals surface area contributed by atoms with Crippen molar-refractivity contribution in [3.8, 4) is 0 Å². The number of halogens is 1. The van der Waals surface area contributed by atoms with E-state index in [4.69, 9.17) is 16.6 Å². The molecule has 1 saturated carbocycles. The van der Waals surface area contributed by atoms with Gasteiger partial charge in [-0.1, -0.05) is 11.6 Å². The highest BCUT2D eigenvalue weighted by Gasteiger charge is 2.27. The zero-order chi connectivity index (χ0) is 16.8. The second-order valence-electron chi connectivity index (χ2n) is 6.32. The van der Waals surface area contributed by atoms with E-state index >= 15 is 0 Å². The highest BCUT2D eigenvalue weighted by Crippen LogP contribution is 2.34. The Hall–Kier alpha value is -2.73. The van der Waals surface area contributed by atoms with Gasteiger partial charge in [0, 0.05) is 22.8 Å². The zero-order valence-electron chi connectivity index (χ0n) is 13.4. The lowest BCUT2D eigenvalue weighted by atomic mass is 10.1. The van der Waals surface area contributed by atoms with Crippen LogP contribution in [0.25, 0.3) is 16.8 Å². The average Bonchev–Trinajstić information content (AvgIpc) is 3.34. The molecule has 0 amide bonds. The fourth-order valence-electron chi connectivity index (χ4n) is 3.51. The van der Waals surface area contributed by atoms with Crippen molar-refractivity contribution in [2.24, 2.45) is 4.99 Å². The van der Waals surface area contributed by atoms with E-state index in [1.165, 1.54) is 5.71 Å². The van der Waals surface area contributed by atoms with Gasteiger partial charge in [0.25, 0.3) is 0 Å².